The standard InChI is InChI=1S/C12H10IN3O3/c1-7-10(13)11(17)16(6-15-7)5-9-8(12(18)19)3-2-4-14-9/h2-4,6H,5H2,1H3,(H,18,19). The number of aromatic nitrogens is 3. The summed E-state index contributed by atoms with van der Waals surface area (Å²) in [6, 6.07) is 3.01. The van der Waals surface area contributed by atoms with E-state index in [1.54, 1.807) is 13.0 Å². The van der Waals surface area contributed by atoms with Gasteiger partial charge in [-0.3, -0.25) is 14.3 Å². The average molecular weight is 371 g/mol. The minimum Gasteiger partial charge on any atom is -0.478 e. The molecule has 98 valence electrons. The van der Waals surface area contributed by atoms with Crippen LogP contribution in [0.25, 0.3) is 0 Å². The zero-order chi connectivity index (χ0) is 14.0. The first-order valence-corrected chi connectivity index (χ1v) is 6.47. The van der Waals surface area contributed by atoms with Gasteiger partial charge in [0.1, 0.15) is 0 Å². The number of carboxylic acid groups (broad SMARTS) is 1. The Bertz CT molecular complexity index is 697. The number of rotatable bonds is 3. The van der Waals surface area contributed by atoms with Crippen LogP contribution >= 0.6 is 22.6 Å². The number of hydrogen-bond donors (Lipinski definition) is 1. The smallest absolute Gasteiger partial charge is 0.337 e. The molecule has 2 rings (SSSR count). The minimum atomic E-state index is -1.06. The van der Waals surface area contributed by atoms with Crippen molar-refractivity contribution >= 4 is 28.6 Å². The summed E-state index contributed by atoms with van der Waals surface area (Å²) in [5, 5.41) is 9.07. The first-order valence-electron chi connectivity index (χ1n) is 5.39. The summed E-state index contributed by atoms with van der Waals surface area (Å²) in [7, 11) is 0. The second-order valence-corrected chi connectivity index (χ2v) is 4.96. The molecule has 7 heteroatoms. The fraction of sp³-hybridized carbons (Fsp3) is 0.167. The molecule has 0 aromatic carbocycles. The molecule has 0 bridgehead atoms. The highest BCUT2D eigenvalue weighted by Gasteiger charge is 2.13. The fourth-order valence-electron chi connectivity index (χ4n) is 1.58. The molecular weight excluding hydrogens is 361 g/mol. The molecule has 0 spiro atoms. The summed E-state index contributed by atoms with van der Waals surface area (Å²) in [5.41, 5.74) is 0.875. The number of carboxylic acids is 1. The summed E-state index contributed by atoms with van der Waals surface area (Å²) in [5.74, 6) is -1.06. The molecule has 0 saturated heterocycles. The molecule has 0 unspecified atom stereocenters. The SMILES string of the molecule is Cc1ncn(Cc2ncccc2C(=O)O)c(=O)c1I. The molecule has 19 heavy (non-hydrogen) atoms. The monoisotopic (exact) mass is 371 g/mol. The molecule has 2 heterocycles. The van der Waals surface area contributed by atoms with E-state index in [0.717, 1.165) is 0 Å². The lowest BCUT2D eigenvalue weighted by molar-refractivity contribution is 0.0695. The van der Waals surface area contributed by atoms with Gasteiger partial charge < -0.3 is 5.11 Å². The molecule has 0 fully saturated rings. The van der Waals surface area contributed by atoms with Gasteiger partial charge in [0.05, 0.1) is 33.4 Å². The molecule has 0 radical (unpaired) electrons. The van der Waals surface area contributed by atoms with Gasteiger partial charge in [0, 0.05) is 6.20 Å². The van der Waals surface area contributed by atoms with E-state index in [0.29, 0.717) is 15.0 Å². The van der Waals surface area contributed by atoms with E-state index in [4.69, 9.17) is 5.11 Å². The molecule has 0 aliphatic carbocycles. The molecule has 0 saturated carbocycles. The zero-order valence-corrected chi connectivity index (χ0v) is 12.2. The van der Waals surface area contributed by atoms with Crippen molar-refractivity contribution in [1.29, 1.82) is 0 Å². The highest BCUT2D eigenvalue weighted by molar-refractivity contribution is 14.1. The summed E-state index contributed by atoms with van der Waals surface area (Å²) < 4.78 is 1.87. The van der Waals surface area contributed by atoms with Gasteiger partial charge in [0.2, 0.25) is 0 Å². The van der Waals surface area contributed by atoms with Crippen LogP contribution in [0.1, 0.15) is 21.7 Å². The Morgan fingerprint density at radius 1 is 1.47 bits per heavy atom. The summed E-state index contributed by atoms with van der Waals surface area (Å²) in [6.07, 6.45) is 2.90. The number of hydrogen-bond acceptors (Lipinski definition) is 4. The van der Waals surface area contributed by atoms with Crippen LogP contribution in [0.4, 0.5) is 0 Å². The van der Waals surface area contributed by atoms with E-state index < -0.39 is 5.97 Å². The van der Waals surface area contributed by atoms with Crippen molar-refractivity contribution in [3.8, 4) is 0 Å². The highest BCUT2D eigenvalue weighted by atomic mass is 127. The van der Waals surface area contributed by atoms with E-state index in [9.17, 15) is 9.59 Å². The molecule has 2 aromatic rings. The van der Waals surface area contributed by atoms with Crippen LogP contribution in [0.5, 0.6) is 0 Å². The van der Waals surface area contributed by atoms with Crippen LogP contribution in [0, 0.1) is 10.5 Å². The molecule has 1 N–H and O–H groups in total. The number of carbonyl (C=O) groups is 1. The summed E-state index contributed by atoms with van der Waals surface area (Å²) >= 11 is 1.93. The molecule has 0 atom stereocenters. The van der Waals surface area contributed by atoms with Gasteiger partial charge in [0.25, 0.3) is 5.56 Å². The Morgan fingerprint density at radius 3 is 2.89 bits per heavy atom. The van der Waals surface area contributed by atoms with E-state index in [2.05, 4.69) is 9.97 Å². The maximum atomic E-state index is 12.0. The Kier molecular flexibility index (Phi) is 3.93. The van der Waals surface area contributed by atoms with Crippen molar-refractivity contribution in [2.24, 2.45) is 0 Å². The van der Waals surface area contributed by atoms with Crippen LogP contribution in [0.15, 0.2) is 29.5 Å². The predicted octanol–water partition coefficient (Wildman–Crippen LogP) is 1.30. The van der Waals surface area contributed by atoms with Gasteiger partial charge in [-0.1, -0.05) is 0 Å². The van der Waals surface area contributed by atoms with Gasteiger partial charge >= 0.3 is 5.97 Å². The number of aromatic carboxylic acids is 1. The number of nitrogens with zero attached hydrogens (tertiary/aromatic N) is 3. The molecule has 0 aliphatic rings. The minimum absolute atomic E-state index is 0.0879. The third-order valence-electron chi connectivity index (χ3n) is 2.60. The number of pyridine rings is 1. The quantitative estimate of drug-likeness (QED) is 0.823. The predicted molar refractivity (Wildman–Crippen MR) is 76.2 cm³/mol. The summed E-state index contributed by atoms with van der Waals surface area (Å²) in [4.78, 5) is 31.2. The maximum Gasteiger partial charge on any atom is 0.337 e. The van der Waals surface area contributed by atoms with Gasteiger partial charge in [-0.05, 0) is 41.6 Å². The lowest BCUT2D eigenvalue weighted by atomic mass is 10.2. The Balaban J connectivity index is 2.46. The van der Waals surface area contributed by atoms with Crippen LogP contribution in [-0.2, 0) is 6.54 Å². The van der Waals surface area contributed by atoms with E-state index in [1.807, 2.05) is 22.6 Å². The zero-order valence-electron chi connectivity index (χ0n) is 10.00. The van der Waals surface area contributed by atoms with Gasteiger partial charge in [-0.25, -0.2) is 9.78 Å². The van der Waals surface area contributed by atoms with E-state index in [-0.39, 0.29) is 17.7 Å². The Labute approximate surface area is 122 Å². The lowest BCUT2D eigenvalue weighted by Crippen LogP contribution is -2.25. The first-order chi connectivity index (χ1) is 9.00. The van der Waals surface area contributed by atoms with Crippen molar-refractivity contribution < 1.29 is 9.90 Å². The van der Waals surface area contributed by atoms with Gasteiger partial charge in [0.15, 0.2) is 0 Å². The normalized spacial score (nSPS) is 10.4. The largest absolute Gasteiger partial charge is 0.478 e. The highest BCUT2D eigenvalue weighted by Crippen LogP contribution is 2.08. The van der Waals surface area contributed by atoms with E-state index in [1.165, 1.54) is 23.2 Å². The fourth-order valence-corrected chi connectivity index (χ4v) is 2.03. The van der Waals surface area contributed by atoms with Crippen molar-refractivity contribution in [3.05, 3.63) is 55.5 Å². The van der Waals surface area contributed by atoms with Crippen LogP contribution < -0.4 is 5.56 Å². The number of halogens is 1. The third kappa shape index (κ3) is 2.80. The second kappa shape index (κ2) is 5.47. The summed E-state index contributed by atoms with van der Waals surface area (Å²) in [6.45, 7) is 1.83. The second-order valence-electron chi connectivity index (χ2n) is 3.88. The van der Waals surface area contributed by atoms with Gasteiger partial charge in [-0.2, -0.15) is 0 Å². The van der Waals surface area contributed by atoms with Crippen molar-refractivity contribution in [2.75, 3.05) is 0 Å². The molecule has 0 aliphatic heterocycles. The van der Waals surface area contributed by atoms with Crippen molar-refractivity contribution in [3.63, 3.8) is 0 Å². The van der Waals surface area contributed by atoms with Crippen LogP contribution in [-0.4, -0.2) is 25.6 Å². The van der Waals surface area contributed by atoms with Crippen molar-refractivity contribution in [2.45, 2.75) is 13.5 Å². The first kappa shape index (κ1) is 13.7. The Morgan fingerprint density at radius 2 is 2.21 bits per heavy atom. The maximum absolute atomic E-state index is 12.0. The number of aryl methyl sites for hydroxylation is 1. The topological polar surface area (TPSA) is 85.1 Å². The van der Waals surface area contributed by atoms with Crippen LogP contribution in [0.2, 0.25) is 0 Å². The Hall–Kier alpha value is -1.77. The van der Waals surface area contributed by atoms with E-state index >= 15 is 0 Å². The van der Waals surface area contributed by atoms with Crippen molar-refractivity contribution in [1.82, 2.24) is 14.5 Å². The molecule has 2 aromatic heterocycles. The third-order valence-corrected chi connectivity index (χ3v) is 3.84. The molecule has 6 nitrogen and oxygen atoms in total. The lowest BCUT2D eigenvalue weighted by Gasteiger charge is -2.08. The molecule has 0 amide bonds. The average Bonchev–Trinajstić information content (AvgIpc) is 2.40. The van der Waals surface area contributed by atoms with Gasteiger partial charge in [-0.15, -0.1) is 0 Å². The molecular formula is C12H10IN3O3. The van der Waals surface area contributed by atoms with Crippen LogP contribution in [0.3, 0.4) is 0 Å².